The van der Waals surface area contributed by atoms with Gasteiger partial charge in [0.15, 0.2) is 0 Å². The lowest BCUT2D eigenvalue weighted by atomic mass is 10.0. The van der Waals surface area contributed by atoms with Crippen molar-refractivity contribution in [3.05, 3.63) is 78.0 Å². The number of rotatable bonds is 6. The van der Waals surface area contributed by atoms with E-state index in [0.717, 1.165) is 22.2 Å². The van der Waals surface area contributed by atoms with Crippen LogP contribution in [0.2, 0.25) is 0 Å². The molecule has 6 nitrogen and oxygen atoms in total. The molecule has 0 aliphatic carbocycles. The Morgan fingerprint density at radius 1 is 1.16 bits per heavy atom. The number of alkyl halides is 1. The summed E-state index contributed by atoms with van der Waals surface area (Å²) >= 11 is 0. The average molecular weight is 427 g/mol. The summed E-state index contributed by atoms with van der Waals surface area (Å²) < 4.78 is 22.9. The number of nitrogens with zero attached hydrogens (tertiary/aromatic N) is 4. The lowest BCUT2D eigenvalue weighted by Gasteiger charge is -2.19. The summed E-state index contributed by atoms with van der Waals surface area (Å²) in [5.74, 6) is 0.475. The molecule has 0 saturated carbocycles. The highest BCUT2D eigenvalue weighted by Gasteiger charge is 2.34. The number of pyridine rings is 1. The summed E-state index contributed by atoms with van der Waals surface area (Å²) in [6.07, 6.45) is 2.11. The second kappa shape index (κ2) is 8.40. The Morgan fingerprint density at radius 2 is 1.97 bits per heavy atom. The van der Waals surface area contributed by atoms with E-state index >= 15 is 4.39 Å². The topological polar surface area (TPSA) is 75.8 Å². The van der Waals surface area contributed by atoms with Crippen LogP contribution in [0.15, 0.2) is 66.9 Å². The molecular formula is C25H22FN5O. The van der Waals surface area contributed by atoms with Crippen LogP contribution in [0.5, 0.6) is 5.88 Å². The zero-order valence-corrected chi connectivity index (χ0v) is 17.5. The van der Waals surface area contributed by atoms with Crippen LogP contribution in [0.4, 0.5) is 4.39 Å². The molecule has 4 aromatic rings. The van der Waals surface area contributed by atoms with Crippen molar-refractivity contribution in [3.63, 3.8) is 0 Å². The number of nitrogens with one attached hydrogen (secondary N) is 1. The molecule has 0 spiro atoms. The van der Waals surface area contributed by atoms with Crippen molar-refractivity contribution in [3.8, 4) is 23.1 Å². The molecule has 0 bridgehead atoms. The van der Waals surface area contributed by atoms with Gasteiger partial charge < -0.3 is 10.1 Å². The summed E-state index contributed by atoms with van der Waals surface area (Å²) in [5.41, 5.74) is 3.33. The first-order valence-electron chi connectivity index (χ1n) is 10.6. The lowest BCUT2D eigenvalue weighted by Crippen LogP contribution is -2.32. The second-order valence-electron chi connectivity index (χ2n) is 8.09. The van der Waals surface area contributed by atoms with E-state index in [1.165, 1.54) is 0 Å². The number of aromatic nitrogens is 3. The predicted molar refractivity (Wildman–Crippen MR) is 120 cm³/mol. The van der Waals surface area contributed by atoms with Gasteiger partial charge in [-0.2, -0.15) is 10.4 Å². The van der Waals surface area contributed by atoms with E-state index in [9.17, 15) is 0 Å². The largest absolute Gasteiger partial charge is 0.472 e. The second-order valence-corrected chi connectivity index (χ2v) is 8.09. The minimum atomic E-state index is -1.32. The summed E-state index contributed by atoms with van der Waals surface area (Å²) in [7, 11) is 0. The van der Waals surface area contributed by atoms with E-state index in [-0.39, 0.29) is 6.54 Å². The maximum absolute atomic E-state index is 15.1. The Balaban J connectivity index is 1.55. The van der Waals surface area contributed by atoms with E-state index in [0.29, 0.717) is 43.1 Å². The molecule has 7 heteroatoms. The van der Waals surface area contributed by atoms with Gasteiger partial charge in [-0.3, -0.25) is 4.68 Å². The Hall–Kier alpha value is -3.76. The molecule has 1 N–H and O–H groups in total. The molecule has 1 saturated heterocycles. The standard InChI is InChI=1S/C25H22FN5O/c26-25(10-11-28-16-25)17-31-23-12-21(20-8-6-18(13-27)7-9-20)24(30-22(23)14-29-31)32-15-19-4-2-1-3-5-19/h1-9,12,14,28H,10-11,15-17H2. The van der Waals surface area contributed by atoms with Gasteiger partial charge in [-0.25, -0.2) is 9.37 Å². The maximum atomic E-state index is 15.1. The van der Waals surface area contributed by atoms with E-state index in [4.69, 9.17) is 15.0 Å². The van der Waals surface area contributed by atoms with Crippen LogP contribution in [0.25, 0.3) is 22.2 Å². The number of halogens is 1. The molecule has 160 valence electrons. The van der Waals surface area contributed by atoms with Crippen LogP contribution in [-0.4, -0.2) is 33.5 Å². The highest BCUT2D eigenvalue weighted by molar-refractivity contribution is 5.83. The SMILES string of the molecule is N#Cc1ccc(-c2cc3c(cnn3CC3(F)CCNC3)nc2OCc2ccccc2)cc1. The van der Waals surface area contributed by atoms with Crippen molar-refractivity contribution in [2.45, 2.75) is 25.2 Å². The van der Waals surface area contributed by atoms with Gasteiger partial charge in [-0.1, -0.05) is 42.5 Å². The summed E-state index contributed by atoms with van der Waals surface area (Å²) in [4.78, 5) is 4.72. The average Bonchev–Trinajstić information content (AvgIpc) is 3.44. The fourth-order valence-corrected chi connectivity index (χ4v) is 4.00. The van der Waals surface area contributed by atoms with E-state index in [1.54, 1.807) is 23.0 Å². The fraction of sp³-hybridized carbons (Fsp3) is 0.240. The zero-order chi connectivity index (χ0) is 22.0. The van der Waals surface area contributed by atoms with Crippen LogP contribution in [0, 0.1) is 11.3 Å². The molecule has 2 aromatic heterocycles. The summed E-state index contributed by atoms with van der Waals surface area (Å²) in [5, 5.41) is 16.6. The van der Waals surface area contributed by atoms with Crippen molar-refractivity contribution in [1.82, 2.24) is 20.1 Å². The minimum absolute atomic E-state index is 0.169. The molecule has 1 atom stereocenters. The van der Waals surface area contributed by atoms with Crippen molar-refractivity contribution >= 4 is 11.0 Å². The van der Waals surface area contributed by atoms with Crippen LogP contribution in [0.1, 0.15) is 17.5 Å². The number of ether oxygens (including phenoxy) is 1. The van der Waals surface area contributed by atoms with Crippen molar-refractivity contribution < 1.29 is 9.13 Å². The molecule has 2 aromatic carbocycles. The third-order valence-corrected chi connectivity index (χ3v) is 5.76. The van der Waals surface area contributed by atoms with Crippen LogP contribution in [-0.2, 0) is 13.2 Å². The summed E-state index contributed by atoms with van der Waals surface area (Å²) in [6.45, 7) is 1.53. The first-order valence-corrected chi connectivity index (χ1v) is 10.6. The normalized spacial score (nSPS) is 18.0. The molecule has 1 aliphatic rings. The van der Waals surface area contributed by atoms with Gasteiger partial charge in [0.2, 0.25) is 5.88 Å². The van der Waals surface area contributed by atoms with Gasteiger partial charge in [0.25, 0.3) is 0 Å². The van der Waals surface area contributed by atoms with Gasteiger partial charge in [-0.15, -0.1) is 0 Å². The molecule has 5 rings (SSSR count). The van der Waals surface area contributed by atoms with E-state index in [2.05, 4.69) is 16.5 Å². The Labute approximate surface area is 185 Å². The highest BCUT2D eigenvalue weighted by Crippen LogP contribution is 2.33. The third-order valence-electron chi connectivity index (χ3n) is 5.76. The van der Waals surface area contributed by atoms with Crippen molar-refractivity contribution in [2.75, 3.05) is 13.1 Å². The molecule has 0 amide bonds. The number of hydrogen-bond acceptors (Lipinski definition) is 5. The molecule has 1 aliphatic heterocycles. The number of nitriles is 1. The minimum Gasteiger partial charge on any atom is -0.472 e. The van der Waals surface area contributed by atoms with Gasteiger partial charge in [0.1, 0.15) is 17.8 Å². The molecule has 1 unspecified atom stereocenters. The Bertz CT molecular complexity index is 1270. The van der Waals surface area contributed by atoms with Gasteiger partial charge >= 0.3 is 0 Å². The Morgan fingerprint density at radius 3 is 2.69 bits per heavy atom. The van der Waals surface area contributed by atoms with Gasteiger partial charge in [0, 0.05) is 12.1 Å². The van der Waals surface area contributed by atoms with E-state index in [1.807, 2.05) is 48.5 Å². The summed E-state index contributed by atoms with van der Waals surface area (Å²) in [6, 6.07) is 21.2. The zero-order valence-electron chi connectivity index (χ0n) is 17.5. The molecular weight excluding hydrogens is 405 g/mol. The number of fused-ring (bicyclic) bond motifs is 1. The van der Waals surface area contributed by atoms with Crippen LogP contribution < -0.4 is 10.1 Å². The molecule has 0 radical (unpaired) electrons. The molecule has 1 fully saturated rings. The Kier molecular flexibility index (Phi) is 5.29. The van der Waals surface area contributed by atoms with E-state index < -0.39 is 5.67 Å². The monoisotopic (exact) mass is 427 g/mol. The smallest absolute Gasteiger partial charge is 0.222 e. The lowest BCUT2D eigenvalue weighted by molar-refractivity contribution is 0.158. The fourth-order valence-electron chi connectivity index (χ4n) is 4.00. The molecule has 32 heavy (non-hydrogen) atoms. The molecule has 3 heterocycles. The first-order chi connectivity index (χ1) is 15.6. The van der Waals surface area contributed by atoms with Crippen LogP contribution in [0.3, 0.4) is 0 Å². The predicted octanol–water partition coefficient (Wildman–Crippen LogP) is 4.25. The first kappa shape index (κ1) is 20.2. The van der Waals surface area contributed by atoms with Gasteiger partial charge in [-0.05, 0) is 42.3 Å². The van der Waals surface area contributed by atoms with Gasteiger partial charge in [0.05, 0.1) is 29.9 Å². The van der Waals surface area contributed by atoms with Crippen molar-refractivity contribution in [1.29, 1.82) is 5.26 Å². The quantitative estimate of drug-likeness (QED) is 0.498. The highest BCUT2D eigenvalue weighted by atomic mass is 19.1. The van der Waals surface area contributed by atoms with Crippen molar-refractivity contribution in [2.24, 2.45) is 0 Å². The number of benzene rings is 2. The van der Waals surface area contributed by atoms with Crippen LogP contribution >= 0.6 is 0 Å². The third kappa shape index (κ3) is 4.05. The number of hydrogen-bond donors (Lipinski definition) is 1. The maximum Gasteiger partial charge on any atom is 0.222 e.